The lowest BCUT2D eigenvalue weighted by atomic mass is 9.70. The molecule has 78 heavy (non-hydrogen) atoms. The fourth-order valence-electron chi connectivity index (χ4n) is 11.2. The van der Waals surface area contributed by atoms with Gasteiger partial charge in [0.1, 0.15) is 45.6 Å². The largest absolute Gasteiger partial charge is 0.507 e. The second kappa shape index (κ2) is 19.3. The number of benzene rings is 6. The van der Waals surface area contributed by atoms with Crippen LogP contribution >= 0.6 is 0 Å². The Balaban J connectivity index is 1.06. The van der Waals surface area contributed by atoms with Crippen molar-refractivity contribution in [2.45, 2.75) is 181 Å². The molecule has 0 saturated heterocycles. The van der Waals surface area contributed by atoms with Gasteiger partial charge >= 0.3 is 11.9 Å². The number of aromatic carboxylic acids is 2. The third-order valence-corrected chi connectivity index (χ3v) is 16.6. The summed E-state index contributed by atoms with van der Waals surface area (Å²) in [6, 6.07) is 26.8. The van der Waals surface area contributed by atoms with E-state index in [9.17, 15) is 30.0 Å². The van der Waals surface area contributed by atoms with Gasteiger partial charge in [0.15, 0.2) is 0 Å². The highest BCUT2D eigenvalue weighted by molar-refractivity contribution is 5.95. The van der Waals surface area contributed by atoms with Crippen LogP contribution in [0.4, 0.5) is 0 Å². The molecule has 3 aliphatic rings. The number of phenolic OH excluding ortho intramolecular Hbond substituents is 2. The minimum atomic E-state index is -1.05. The number of ether oxygens (including phenoxy) is 2. The molecule has 0 bridgehead atoms. The lowest BCUT2D eigenvalue weighted by Gasteiger charge is -2.38. The predicted octanol–water partition coefficient (Wildman–Crippen LogP) is 16.7. The fourth-order valence-corrected chi connectivity index (χ4v) is 11.2. The van der Waals surface area contributed by atoms with Crippen molar-refractivity contribution in [3.05, 3.63) is 152 Å². The maximum absolute atomic E-state index is 12.9. The molecule has 0 aromatic heterocycles. The van der Waals surface area contributed by atoms with Crippen molar-refractivity contribution >= 4 is 24.4 Å². The molecule has 10 heteroatoms. The summed E-state index contributed by atoms with van der Waals surface area (Å²) in [4.78, 5) is 36.1. The first-order chi connectivity index (χ1) is 36.2. The molecule has 408 valence electrons. The Hall–Kier alpha value is -7.20. The quantitative estimate of drug-likeness (QED) is 0.110. The van der Waals surface area contributed by atoms with E-state index < -0.39 is 22.8 Å². The van der Waals surface area contributed by atoms with Crippen LogP contribution in [0.3, 0.4) is 0 Å². The van der Waals surface area contributed by atoms with Gasteiger partial charge in [-0.25, -0.2) is 9.59 Å². The minimum Gasteiger partial charge on any atom is -0.507 e. The van der Waals surface area contributed by atoms with E-state index in [0.717, 1.165) is 92.4 Å². The highest BCUT2D eigenvalue weighted by Gasteiger charge is 2.42. The maximum atomic E-state index is 12.9. The number of nitrogens with zero attached hydrogens (tertiary/aromatic N) is 2. The van der Waals surface area contributed by atoms with Crippen LogP contribution in [0.25, 0.3) is 22.3 Å². The van der Waals surface area contributed by atoms with Gasteiger partial charge in [-0.2, -0.15) is 0 Å². The zero-order valence-electron chi connectivity index (χ0n) is 48.5. The topological polar surface area (TPSA) is 158 Å². The van der Waals surface area contributed by atoms with Gasteiger partial charge in [-0.1, -0.05) is 160 Å². The number of carboxylic acids is 2. The van der Waals surface area contributed by atoms with Crippen molar-refractivity contribution in [1.82, 2.24) is 0 Å². The zero-order chi connectivity index (χ0) is 57.0. The molecule has 0 spiro atoms. The van der Waals surface area contributed by atoms with Crippen molar-refractivity contribution < 1.29 is 39.5 Å². The van der Waals surface area contributed by atoms with Crippen LogP contribution in [0.1, 0.15) is 213 Å². The summed E-state index contributed by atoms with van der Waals surface area (Å²) in [7, 11) is 0. The van der Waals surface area contributed by atoms with E-state index in [0.29, 0.717) is 34.1 Å². The van der Waals surface area contributed by atoms with E-state index in [4.69, 9.17) is 19.5 Å². The van der Waals surface area contributed by atoms with Gasteiger partial charge in [0, 0.05) is 67.8 Å². The summed E-state index contributed by atoms with van der Waals surface area (Å²) >= 11 is 0. The first kappa shape index (κ1) is 55.6. The van der Waals surface area contributed by atoms with Crippen molar-refractivity contribution in [2.24, 2.45) is 9.98 Å². The average molecular weight is 1050 g/mol. The maximum Gasteiger partial charge on any atom is 0.339 e. The molecule has 9 rings (SSSR count). The van der Waals surface area contributed by atoms with Crippen molar-refractivity contribution in [3.8, 4) is 56.8 Å². The van der Waals surface area contributed by atoms with Gasteiger partial charge in [-0.3, -0.25) is 9.98 Å². The summed E-state index contributed by atoms with van der Waals surface area (Å²) in [6.07, 6.45) is 6.97. The van der Waals surface area contributed by atoms with Crippen molar-refractivity contribution in [1.29, 1.82) is 0 Å². The highest BCUT2D eigenvalue weighted by atomic mass is 16.5. The summed E-state index contributed by atoms with van der Waals surface area (Å²) in [6.45, 7) is 34.1. The Bertz CT molecular complexity index is 3260. The number of aromatic hydroxyl groups is 2. The van der Waals surface area contributed by atoms with Gasteiger partial charge < -0.3 is 29.9 Å². The van der Waals surface area contributed by atoms with E-state index in [1.165, 1.54) is 0 Å². The Morgan fingerprint density at radius 1 is 0.474 bits per heavy atom. The van der Waals surface area contributed by atoms with Crippen molar-refractivity contribution in [3.63, 3.8) is 0 Å². The van der Waals surface area contributed by atoms with E-state index in [1.807, 2.05) is 24.3 Å². The summed E-state index contributed by atoms with van der Waals surface area (Å²) < 4.78 is 13.6. The Labute approximate surface area is 461 Å². The van der Waals surface area contributed by atoms with Gasteiger partial charge in [0.2, 0.25) is 0 Å². The average Bonchev–Trinajstić information content (AvgIpc) is 3.55. The van der Waals surface area contributed by atoms with E-state index in [-0.39, 0.29) is 56.4 Å². The number of hydrogen-bond donors (Lipinski definition) is 4. The molecule has 0 amide bonds. The Kier molecular flexibility index (Phi) is 13.8. The number of hydrogen-bond acceptors (Lipinski definition) is 8. The van der Waals surface area contributed by atoms with Crippen LogP contribution in [0, 0.1) is 0 Å². The first-order valence-corrected chi connectivity index (χ1v) is 27.5. The Morgan fingerprint density at radius 2 is 0.782 bits per heavy atom. The molecule has 1 saturated carbocycles. The van der Waals surface area contributed by atoms with Gasteiger partial charge in [-0.15, -0.1) is 0 Å². The Morgan fingerprint density at radius 3 is 1.09 bits per heavy atom. The number of aliphatic imine (C=N–C) groups is 2. The standard InChI is InChI=1S/C68H78N2O8/c1-63(2,3)41-27-45(57-49(31-41)67(13,14)51-33-43(65(7,8)9)29-47(61(73)74)59(51)77-57)37-21-23-55(71)39(25-37)35-69-53-19-17-18-20-54(53)70-36-40-26-38(22-24-56(40)72)46-28-42(64(4,5)6)32-50-58(46)78-60-48(62(75)76)30-44(66(10,11)12)34-52(60)68(50,15)16/h21-36,53-54,71-72H,17-20H2,1-16H3,(H,73,74)(H,75,76)/t53-,54-/m0/s1. The molecule has 1 aliphatic carbocycles. The van der Waals surface area contributed by atoms with Crippen LogP contribution < -0.4 is 9.47 Å². The zero-order valence-corrected chi connectivity index (χ0v) is 48.5. The van der Waals surface area contributed by atoms with E-state index >= 15 is 0 Å². The summed E-state index contributed by atoms with van der Waals surface area (Å²) in [5.74, 6) is -0.127. The molecule has 2 heterocycles. The van der Waals surface area contributed by atoms with Gasteiger partial charge in [-0.05, 0) is 116 Å². The summed E-state index contributed by atoms with van der Waals surface area (Å²) in [5, 5.41) is 44.0. The molecule has 6 aromatic rings. The smallest absolute Gasteiger partial charge is 0.339 e. The molecule has 10 nitrogen and oxygen atoms in total. The second-order valence-corrected chi connectivity index (χ2v) is 27.2. The lowest BCUT2D eigenvalue weighted by Crippen LogP contribution is -2.28. The first-order valence-electron chi connectivity index (χ1n) is 27.5. The molecule has 4 N–H and O–H groups in total. The molecular weight excluding hydrogens is 973 g/mol. The molecular formula is C68H78N2O8. The van der Waals surface area contributed by atoms with E-state index in [1.54, 1.807) is 36.7 Å². The number of fused-ring (bicyclic) bond motifs is 4. The van der Waals surface area contributed by atoms with Gasteiger partial charge in [0.25, 0.3) is 0 Å². The predicted molar refractivity (Wildman–Crippen MR) is 314 cm³/mol. The molecule has 2 aliphatic heterocycles. The second-order valence-electron chi connectivity index (χ2n) is 27.2. The van der Waals surface area contributed by atoms with Crippen LogP contribution in [0.15, 0.2) is 94.9 Å². The fraction of sp³-hybridized carbons (Fsp3) is 0.412. The normalized spacial score (nSPS) is 17.9. The molecule has 6 aromatic carbocycles. The van der Waals surface area contributed by atoms with Crippen molar-refractivity contribution in [2.75, 3.05) is 0 Å². The SMILES string of the molecule is CC(C)(C)c1cc(C(=O)O)c2c(c1)C(C)(C)c1cc(C(C)(C)C)cc(-c3ccc(O)c(C=N[C@H]4CCCC[C@@H]4N=Cc4cc(-c5cc(C(C)(C)C)cc6c5Oc5c(C(=O)O)cc(C(C)(C)C)cc5C6(C)C)ccc4O)c3)c1O2. The summed E-state index contributed by atoms with van der Waals surface area (Å²) in [5.41, 5.74) is 9.70. The van der Waals surface area contributed by atoms with E-state index in [2.05, 4.69) is 147 Å². The molecule has 1 fully saturated rings. The third-order valence-electron chi connectivity index (χ3n) is 16.6. The number of phenols is 2. The monoisotopic (exact) mass is 1050 g/mol. The van der Waals surface area contributed by atoms with Crippen LogP contribution in [0.5, 0.6) is 34.5 Å². The third kappa shape index (κ3) is 10.2. The number of carboxylic acid groups (broad SMARTS) is 2. The number of rotatable bonds is 8. The lowest BCUT2D eigenvalue weighted by molar-refractivity contribution is 0.0682. The van der Waals surface area contributed by atoms with Gasteiger partial charge in [0.05, 0.1) is 12.1 Å². The van der Waals surface area contributed by atoms with Crippen LogP contribution in [-0.4, -0.2) is 56.9 Å². The highest BCUT2D eigenvalue weighted by Crippen LogP contribution is 2.57. The molecule has 0 radical (unpaired) electrons. The van der Waals surface area contributed by atoms with Crippen LogP contribution in [-0.2, 0) is 32.5 Å². The minimum absolute atomic E-state index is 0.0674. The van der Waals surface area contributed by atoms with Crippen LogP contribution in [0.2, 0.25) is 0 Å². The number of carbonyl (C=O) groups is 2. The molecule has 0 unspecified atom stereocenters. The molecule has 2 atom stereocenters.